The van der Waals surface area contributed by atoms with Crippen molar-refractivity contribution in [1.82, 2.24) is 10.2 Å². The number of nitrogens with zero attached hydrogens (tertiary/aromatic N) is 2. The van der Waals surface area contributed by atoms with Gasteiger partial charge < -0.3 is 23.6 Å². The summed E-state index contributed by atoms with van der Waals surface area (Å²) in [5.74, 6) is 1.83. The van der Waals surface area contributed by atoms with E-state index in [-0.39, 0.29) is 11.8 Å². The molecule has 0 saturated heterocycles. The van der Waals surface area contributed by atoms with Gasteiger partial charge in [0, 0.05) is 16.8 Å². The minimum Gasteiger partial charge on any atom is -0.493 e. The second-order valence-corrected chi connectivity index (χ2v) is 5.99. The van der Waals surface area contributed by atoms with Crippen LogP contribution in [0.25, 0.3) is 23.1 Å². The van der Waals surface area contributed by atoms with E-state index in [0.717, 1.165) is 0 Å². The SMILES string of the molecule is COc1ccc(C(=O)Nc2cccc(-c3nnc(-c4ccco4)o3)c2)cc1OC. The Morgan fingerprint density at radius 1 is 0.931 bits per heavy atom. The molecule has 1 amide bonds. The molecular formula is C21H17N3O5. The van der Waals surface area contributed by atoms with E-state index in [1.165, 1.54) is 20.5 Å². The number of ether oxygens (including phenoxy) is 2. The van der Waals surface area contributed by atoms with E-state index >= 15 is 0 Å². The van der Waals surface area contributed by atoms with Crippen molar-refractivity contribution in [3.8, 4) is 34.6 Å². The van der Waals surface area contributed by atoms with E-state index in [1.54, 1.807) is 48.5 Å². The quantitative estimate of drug-likeness (QED) is 0.524. The number of nitrogens with one attached hydrogen (secondary N) is 1. The summed E-state index contributed by atoms with van der Waals surface area (Å²) in [6, 6.07) is 15.5. The van der Waals surface area contributed by atoms with E-state index in [1.807, 2.05) is 6.07 Å². The maximum atomic E-state index is 12.6. The fourth-order valence-electron chi connectivity index (χ4n) is 2.75. The summed E-state index contributed by atoms with van der Waals surface area (Å²) in [6.07, 6.45) is 1.53. The second kappa shape index (κ2) is 7.89. The zero-order valence-corrected chi connectivity index (χ0v) is 15.7. The number of methoxy groups -OCH3 is 2. The first kappa shape index (κ1) is 18.3. The van der Waals surface area contributed by atoms with E-state index in [0.29, 0.717) is 40.0 Å². The largest absolute Gasteiger partial charge is 0.493 e. The number of amides is 1. The standard InChI is InChI=1S/C21H17N3O5/c1-26-16-9-8-13(12-18(16)27-2)19(25)22-15-6-3-5-14(11-15)20-23-24-21(29-20)17-7-4-10-28-17/h3-12H,1-2H3,(H,22,25). The molecule has 8 heteroatoms. The van der Waals surface area contributed by atoms with Gasteiger partial charge in [-0.05, 0) is 48.5 Å². The molecule has 0 spiro atoms. The van der Waals surface area contributed by atoms with E-state index in [4.69, 9.17) is 18.3 Å². The van der Waals surface area contributed by atoms with Crippen molar-refractivity contribution >= 4 is 11.6 Å². The van der Waals surface area contributed by atoms with Crippen LogP contribution in [0.15, 0.2) is 69.7 Å². The Kier molecular flexibility index (Phi) is 4.98. The number of carbonyl (C=O) groups is 1. The molecule has 1 N–H and O–H groups in total. The second-order valence-electron chi connectivity index (χ2n) is 5.99. The zero-order chi connectivity index (χ0) is 20.2. The van der Waals surface area contributed by atoms with E-state index in [9.17, 15) is 4.79 Å². The summed E-state index contributed by atoms with van der Waals surface area (Å²) in [4.78, 5) is 12.6. The van der Waals surface area contributed by atoms with Crippen LogP contribution < -0.4 is 14.8 Å². The minimum atomic E-state index is -0.287. The number of hydrogen-bond acceptors (Lipinski definition) is 7. The normalized spacial score (nSPS) is 10.6. The van der Waals surface area contributed by atoms with Gasteiger partial charge in [0.1, 0.15) is 0 Å². The first-order chi connectivity index (χ1) is 14.2. The average molecular weight is 391 g/mol. The monoisotopic (exact) mass is 391 g/mol. The Balaban J connectivity index is 1.54. The molecule has 2 aromatic carbocycles. The molecule has 0 radical (unpaired) electrons. The Morgan fingerprint density at radius 2 is 1.76 bits per heavy atom. The van der Waals surface area contributed by atoms with Gasteiger partial charge in [0.2, 0.25) is 5.89 Å². The van der Waals surface area contributed by atoms with Crippen LogP contribution in [0, 0.1) is 0 Å². The average Bonchev–Trinajstić information content (AvgIpc) is 3.45. The van der Waals surface area contributed by atoms with Crippen LogP contribution in [-0.2, 0) is 0 Å². The van der Waals surface area contributed by atoms with Gasteiger partial charge in [-0.25, -0.2) is 0 Å². The van der Waals surface area contributed by atoms with Gasteiger partial charge in [-0.15, -0.1) is 10.2 Å². The molecule has 0 saturated carbocycles. The molecule has 0 aliphatic heterocycles. The van der Waals surface area contributed by atoms with Gasteiger partial charge in [0.05, 0.1) is 20.5 Å². The predicted octanol–water partition coefficient (Wildman–Crippen LogP) is 4.27. The van der Waals surface area contributed by atoms with Crippen molar-refractivity contribution in [3.63, 3.8) is 0 Å². The highest BCUT2D eigenvalue weighted by Gasteiger charge is 2.14. The molecule has 0 aliphatic carbocycles. The van der Waals surface area contributed by atoms with Gasteiger partial charge in [-0.3, -0.25) is 4.79 Å². The summed E-state index contributed by atoms with van der Waals surface area (Å²) in [5, 5.41) is 10.9. The summed E-state index contributed by atoms with van der Waals surface area (Å²) in [7, 11) is 3.06. The molecule has 0 bridgehead atoms. The molecule has 29 heavy (non-hydrogen) atoms. The molecule has 2 heterocycles. The van der Waals surface area contributed by atoms with Gasteiger partial charge in [0.25, 0.3) is 11.8 Å². The number of anilines is 1. The fourth-order valence-corrected chi connectivity index (χ4v) is 2.75. The van der Waals surface area contributed by atoms with Crippen LogP contribution in [0.4, 0.5) is 5.69 Å². The lowest BCUT2D eigenvalue weighted by atomic mass is 10.1. The first-order valence-electron chi connectivity index (χ1n) is 8.69. The highest BCUT2D eigenvalue weighted by molar-refractivity contribution is 6.04. The van der Waals surface area contributed by atoms with Crippen molar-refractivity contribution in [1.29, 1.82) is 0 Å². The van der Waals surface area contributed by atoms with Crippen LogP contribution in [-0.4, -0.2) is 30.3 Å². The van der Waals surface area contributed by atoms with Crippen molar-refractivity contribution in [2.45, 2.75) is 0 Å². The number of furan rings is 1. The van der Waals surface area contributed by atoms with Crippen molar-refractivity contribution in [2.24, 2.45) is 0 Å². The molecule has 146 valence electrons. The van der Waals surface area contributed by atoms with Crippen LogP contribution in [0.3, 0.4) is 0 Å². The Morgan fingerprint density at radius 3 is 2.52 bits per heavy atom. The first-order valence-corrected chi connectivity index (χ1v) is 8.69. The lowest BCUT2D eigenvalue weighted by molar-refractivity contribution is 0.102. The van der Waals surface area contributed by atoms with Crippen molar-refractivity contribution in [3.05, 3.63) is 66.4 Å². The van der Waals surface area contributed by atoms with Gasteiger partial charge in [-0.2, -0.15) is 0 Å². The topological polar surface area (TPSA) is 99.6 Å². The minimum absolute atomic E-state index is 0.282. The molecule has 0 atom stereocenters. The van der Waals surface area contributed by atoms with Crippen molar-refractivity contribution in [2.75, 3.05) is 19.5 Å². The number of aromatic nitrogens is 2. The molecule has 4 aromatic rings. The van der Waals surface area contributed by atoms with Gasteiger partial charge in [-0.1, -0.05) is 6.07 Å². The summed E-state index contributed by atoms with van der Waals surface area (Å²) < 4.78 is 21.4. The zero-order valence-electron chi connectivity index (χ0n) is 15.7. The summed E-state index contributed by atoms with van der Waals surface area (Å²) in [6.45, 7) is 0. The van der Waals surface area contributed by atoms with Crippen LogP contribution in [0.1, 0.15) is 10.4 Å². The number of benzene rings is 2. The lowest BCUT2D eigenvalue weighted by Crippen LogP contribution is -2.12. The summed E-state index contributed by atoms with van der Waals surface area (Å²) >= 11 is 0. The van der Waals surface area contributed by atoms with Crippen molar-refractivity contribution < 1.29 is 23.1 Å². The molecule has 0 unspecified atom stereocenters. The third-order valence-electron chi connectivity index (χ3n) is 4.17. The highest BCUT2D eigenvalue weighted by Crippen LogP contribution is 2.29. The van der Waals surface area contributed by atoms with E-state index in [2.05, 4.69) is 15.5 Å². The molecule has 2 aromatic heterocycles. The van der Waals surface area contributed by atoms with Crippen LogP contribution >= 0.6 is 0 Å². The number of rotatable bonds is 6. The molecular weight excluding hydrogens is 374 g/mol. The van der Waals surface area contributed by atoms with E-state index < -0.39 is 0 Å². The maximum absolute atomic E-state index is 12.6. The molecule has 0 fully saturated rings. The number of carbonyl (C=O) groups excluding carboxylic acids is 1. The third kappa shape index (κ3) is 3.81. The molecule has 8 nitrogen and oxygen atoms in total. The Hall–Kier alpha value is -4.07. The number of hydrogen-bond donors (Lipinski definition) is 1. The van der Waals surface area contributed by atoms with Crippen LogP contribution in [0.5, 0.6) is 11.5 Å². The molecule has 0 aliphatic rings. The third-order valence-corrected chi connectivity index (χ3v) is 4.17. The lowest BCUT2D eigenvalue weighted by Gasteiger charge is -2.10. The maximum Gasteiger partial charge on any atom is 0.283 e. The Labute approximate surface area is 166 Å². The van der Waals surface area contributed by atoms with Gasteiger partial charge >= 0.3 is 0 Å². The Bertz CT molecular complexity index is 1130. The predicted molar refractivity (Wildman–Crippen MR) is 105 cm³/mol. The summed E-state index contributed by atoms with van der Waals surface area (Å²) in [5.41, 5.74) is 1.69. The smallest absolute Gasteiger partial charge is 0.283 e. The fraction of sp³-hybridized carbons (Fsp3) is 0.0952. The molecule has 4 rings (SSSR count). The highest BCUT2D eigenvalue weighted by atomic mass is 16.5. The van der Waals surface area contributed by atoms with Crippen LogP contribution in [0.2, 0.25) is 0 Å². The van der Waals surface area contributed by atoms with Gasteiger partial charge in [0.15, 0.2) is 17.3 Å².